The van der Waals surface area contributed by atoms with Crippen LogP contribution in [0.3, 0.4) is 0 Å². The second kappa shape index (κ2) is 11.0. The second-order valence-corrected chi connectivity index (χ2v) is 9.61. The van der Waals surface area contributed by atoms with Gasteiger partial charge in [-0.3, -0.25) is 9.36 Å². The molecule has 1 amide bonds. The number of carbonyl (C=O) groups excluding carboxylic acids is 1. The maximum Gasteiger partial charge on any atom is 0.236 e. The molecule has 2 aromatic carbocycles. The molecule has 0 aliphatic carbocycles. The highest BCUT2D eigenvalue weighted by atomic mass is 35.5. The fourth-order valence-electron chi connectivity index (χ4n) is 3.43. The SMILES string of the molecule is CCOc1ccc(-n2c(SCC(=O)Nc3nc(-c4ccccc4Cl)cs3)nnc2-c2ccco2)cc1. The van der Waals surface area contributed by atoms with Crippen molar-refractivity contribution in [1.29, 1.82) is 0 Å². The minimum absolute atomic E-state index is 0.119. The molecule has 0 bridgehead atoms. The molecule has 36 heavy (non-hydrogen) atoms. The van der Waals surface area contributed by atoms with Gasteiger partial charge in [0.1, 0.15) is 5.75 Å². The predicted molar refractivity (Wildman–Crippen MR) is 142 cm³/mol. The third-order valence-electron chi connectivity index (χ3n) is 5.01. The van der Waals surface area contributed by atoms with Gasteiger partial charge in [0.05, 0.1) is 30.0 Å². The van der Waals surface area contributed by atoms with Crippen molar-refractivity contribution in [2.75, 3.05) is 17.7 Å². The highest BCUT2D eigenvalue weighted by molar-refractivity contribution is 7.99. The number of nitrogens with one attached hydrogen (secondary N) is 1. The van der Waals surface area contributed by atoms with E-state index in [-0.39, 0.29) is 11.7 Å². The molecule has 5 aromatic rings. The smallest absolute Gasteiger partial charge is 0.236 e. The first-order valence-corrected chi connectivity index (χ1v) is 13.2. The Bertz CT molecular complexity index is 1470. The van der Waals surface area contributed by atoms with E-state index in [1.165, 1.54) is 23.1 Å². The molecule has 0 aliphatic heterocycles. The van der Waals surface area contributed by atoms with Crippen LogP contribution in [0, 0.1) is 0 Å². The zero-order chi connectivity index (χ0) is 24.9. The molecule has 0 saturated carbocycles. The van der Waals surface area contributed by atoms with Crippen molar-refractivity contribution in [2.24, 2.45) is 0 Å². The highest BCUT2D eigenvalue weighted by Gasteiger charge is 2.19. The molecule has 1 N–H and O–H groups in total. The minimum atomic E-state index is -0.208. The summed E-state index contributed by atoms with van der Waals surface area (Å²) in [6, 6.07) is 18.6. The van der Waals surface area contributed by atoms with Gasteiger partial charge >= 0.3 is 0 Å². The molecule has 8 nitrogen and oxygen atoms in total. The standard InChI is InChI=1S/C25H20ClN5O3S2/c1-2-33-17-11-9-16(10-12-17)31-23(21-8-5-13-34-21)29-30-25(31)36-15-22(32)28-24-27-20(14-35-24)18-6-3-4-7-19(18)26/h3-14H,2,15H2,1H3,(H,27,28,32). The summed E-state index contributed by atoms with van der Waals surface area (Å²) in [5, 5.41) is 15.0. The van der Waals surface area contributed by atoms with Gasteiger partial charge in [-0.2, -0.15) is 0 Å². The van der Waals surface area contributed by atoms with E-state index in [1.807, 2.05) is 71.5 Å². The molecule has 11 heteroatoms. The van der Waals surface area contributed by atoms with Crippen LogP contribution in [0.25, 0.3) is 28.5 Å². The van der Waals surface area contributed by atoms with Gasteiger partial charge in [0.25, 0.3) is 0 Å². The number of hydrogen-bond acceptors (Lipinski definition) is 8. The first-order chi connectivity index (χ1) is 17.6. The van der Waals surface area contributed by atoms with Crippen LogP contribution in [-0.2, 0) is 4.79 Å². The van der Waals surface area contributed by atoms with Gasteiger partial charge < -0.3 is 14.5 Å². The van der Waals surface area contributed by atoms with E-state index < -0.39 is 0 Å². The number of furan rings is 1. The van der Waals surface area contributed by atoms with Crippen molar-refractivity contribution < 1.29 is 13.9 Å². The van der Waals surface area contributed by atoms with Crippen molar-refractivity contribution in [3.05, 3.63) is 77.3 Å². The Morgan fingerprint density at radius 3 is 2.72 bits per heavy atom. The van der Waals surface area contributed by atoms with Crippen LogP contribution < -0.4 is 10.1 Å². The van der Waals surface area contributed by atoms with Crippen LogP contribution in [-0.4, -0.2) is 38.0 Å². The first-order valence-electron chi connectivity index (χ1n) is 11.0. The number of anilines is 1. The molecule has 0 unspecified atom stereocenters. The van der Waals surface area contributed by atoms with Crippen molar-refractivity contribution >= 4 is 45.7 Å². The molecule has 0 fully saturated rings. The number of thiazole rings is 1. The Hall–Kier alpha value is -3.60. The van der Waals surface area contributed by atoms with Crippen LogP contribution in [0.2, 0.25) is 5.02 Å². The van der Waals surface area contributed by atoms with Crippen LogP contribution >= 0.6 is 34.7 Å². The van der Waals surface area contributed by atoms with Gasteiger partial charge in [-0.25, -0.2) is 4.98 Å². The number of benzene rings is 2. The summed E-state index contributed by atoms with van der Waals surface area (Å²) < 4.78 is 13.0. The number of aromatic nitrogens is 4. The average Bonchev–Trinajstić information content (AvgIpc) is 3.65. The lowest BCUT2D eigenvalue weighted by atomic mass is 10.2. The summed E-state index contributed by atoms with van der Waals surface area (Å²) in [5.74, 6) is 1.79. The van der Waals surface area contributed by atoms with E-state index in [1.54, 1.807) is 12.3 Å². The summed E-state index contributed by atoms with van der Waals surface area (Å²) >= 11 is 8.87. The largest absolute Gasteiger partial charge is 0.494 e. The van der Waals surface area contributed by atoms with Crippen molar-refractivity contribution in [1.82, 2.24) is 19.7 Å². The number of thioether (sulfide) groups is 1. The van der Waals surface area contributed by atoms with Gasteiger partial charge in [-0.15, -0.1) is 21.5 Å². The quantitative estimate of drug-likeness (QED) is 0.216. The van der Waals surface area contributed by atoms with E-state index in [4.69, 9.17) is 20.8 Å². The summed E-state index contributed by atoms with van der Waals surface area (Å²) in [5.41, 5.74) is 2.35. The van der Waals surface area contributed by atoms with E-state index in [2.05, 4.69) is 20.5 Å². The van der Waals surface area contributed by atoms with E-state index in [9.17, 15) is 4.79 Å². The fraction of sp³-hybridized carbons (Fsp3) is 0.120. The highest BCUT2D eigenvalue weighted by Crippen LogP contribution is 2.31. The summed E-state index contributed by atoms with van der Waals surface area (Å²) in [6.45, 7) is 2.52. The van der Waals surface area contributed by atoms with Crippen molar-refractivity contribution in [2.45, 2.75) is 12.1 Å². The molecule has 0 atom stereocenters. The lowest BCUT2D eigenvalue weighted by molar-refractivity contribution is -0.113. The minimum Gasteiger partial charge on any atom is -0.494 e. The zero-order valence-corrected chi connectivity index (χ0v) is 21.4. The number of nitrogens with zero attached hydrogens (tertiary/aromatic N) is 4. The molecule has 5 rings (SSSR count). The van der Waals surface area contributed by atoms with E-state index >= 15 is 0 Å². The lowest BCUT2D eigenvalue weighted by Gasteiger charge is -2.10. The Kier molecular flexibility index (Phi) is 7.36. The number of rotatable bonds is 9. The Balaban J connectivity index is 1.32. The van der Waals surface area contributed by atoms with Gasteiger partial charge in [0.2, 0.25) is 11.7 Å². The normalized spacial score (nSPS) is 10.9. The topological polar surface area (TPSA) is 95.1 Å². The fourth-order valence-corrected chi connectivity index (χ4v) is 5.14. The maximum atomic E-state index is 12.7. The molecule has 0 radical (unpaired) electrons. The molecule has 0 saturated heterocycles. The van der Waals surface area contributed by atoms with Crippen LogP contribution in [0.15, 0.2) is 81.9 Å². The molecule has 0 aliphatic rings. The third kappa shape index (κ3) is 5.30. The monoisotopic (exact) mass is 537 g/mol. The molecule has 0 spiro atoms. The van der Waals surface area contributed by atoms with E-state index in [0.717, 1.165) is 17.0 Å². The maximum absolute atomic E-state index is 12.7. The van der Waals surface area contributed by atoms with E-state index in [0.29, 0.717) is 39.2 Å². The molecule has 3 heterocycles. The number of ether oxygens (including phenoxy) is 1. The first kappa shape index (κ1) is 24.1. The van der Waals surface area contributed by atoms with Gasteiger partial charge in [0.15, 0.2) is 16.0 Å². The Morgan fingerprint density at radius 1 is 1.14 bits per heavy atom. The number of halogens is 1. The van der Waals surface area contributed by atoms with Gasteiger partial charge in [-0.1, -0.05) is 41.6 Å². The lowest BCUT2D eigenvalue weighted by Crippen LogP contribution is -2.14. The van der Waals surface area contributed by atoms with Crippen LogP contribution in [0.1, 0.15) is 6.92 Å². The zero-order valence-electron chi connectivity index (χ0n) is 19.1. The third-order valence-corrected chi connectivity index (χ3v) is 7.03. The van der Waals surface area contributed by atoms with Crippen LogP contribution in [0.4, 0.5) is 5.13 Å². The molecule has 3 aromatic heterocycles. The van der Waals surface area contributed by atoms with Crippen LogP contribution in [0.5, 0.6) is 5.75 Å². The van der Waals surface area contributed by atoms with Crippen molar-refractivity contribution in [3.63, 3.8) is 0 Å². The molecular weight excluding hydrogens is 518 g/mol. The predicted octanol–water partition coefficient (Wildman–Crippen LogP) is 6.43. The molecular formula is C25H20ClN5O3S2. The number of amides is 1. The Labute approximate surface area is 220 Å². The second-order valence-electron chi connectivity index (χ2n) is 7.40. The summed E-state index contributed by atoms with van der Waals surface area (Å²) in [4.78, 5) is 17.2. The summed E-state index contributed by atoms with van der Waals surface area (Å²) in [6.07, 6.45) is 1.58. The van der Waals surface area contributed by atoms with Gasteiger partial charge in [0, 0.05) is 16.0 Å². The van der Waals surface area contributed by atoms with Gasteiger partial charge in [-0.05, 0) is 49.4 Å². The summed E-state index contributed by atoms with van der Waals surface area (Å²) in [7, 11) is 0. The average molecular weight is 538 g/mol. The van der Waals surface area contributed by atoms with Crippen molar-refractivity contribution in [3.8, 4) is 34.3 Å². The number of carbonyl (C=O) groups is 1. The molecule has 182 valence electrons. The Morgan fingerprint density at radius 2 is 1.97 bits per heavy atom. The number of hydrogen-bond donors (Lipinski definition) is 1.